The van der Waals surface area contributed by atoms with Crippen molar-refractivity contribution in [3.8, 4) is 23.0 Å². The van der Waals surface area contributed by atoms with Crippen LogP contribution in [0.5, 0.6) is 23.0 Å². The first-order valence-electron chi connectivity index (χ1n) is 15.6. The van der Waals surface area contributed by atoms with Gasteiger partial charge in [-0.2, -0.15) is 0 Å². The molecule has 0 spiro atoms. The smallest absolute Gasteiger partial charge is 0.343 e. The first-order valence-corrected chi connectivity index (χ1v) is 17.5. The number of nitrogens with zero attached hydrogens (tertiary/aromatic N) is 2. The number of methoxy groups -OCH3 is 2. The van der Waals surface area contributed by atoms with Gasteiger partial charge < -0.3 is 28.4 Å². The molecule has 1 aromatic heterocycles. The number of allylic oxidation sites excluding steroid dienone is 1. The highest BCUT2D eigenvalue weighted by Gasteiger charge is 2.34. The van der Waals surface area contributed by atoms with Crippen LogP contribution in [0.1, 0.15) is 43.5 Å². The summed E-state index contributed by atoms with van der Waals surface area (Å²) >= 11 is 20.2. The zero-order chi connectivity index (χ0) is 36.8. The number of fused-ring (bicyclic) bond motifs is 1. The van der Waals surface area contributed by atoms with Crippen molar-refractivity contribution in [1.82, 2.24) is 4.57 Å². The first kappa shape index (κ1) is 37.8. The monoisotopic (exact) mass is 774 g/mol. The molecular weight excluding hydrogens is 743 g/mol. The second-order valence-electron chi connectivity index (χ2n) is 10.9. The van der Waals surface area contributed by atoms with E-state index in [2.05, 4.69) is 9.73 Å². The quantitative estimate of drug-likeness (QED) is 0.144. The van der Waals surface area contributed by atoms with Gasteiger partial charge in [0.25, 0.3) is 5.56 Å². The topological polar surface area (TPSA) is 124 Å². The van der Waals surface area contributed by atoms with Gasteiger partial charge in [-0.1, -0.05) is 58.3 Å². The minimum absolute atomic E-state index is 0.107. The standard InChI is InChI=1S/C36H33Cl3N2O9S/c1-6-47-27-15-21(9-11-26(27)49-18-30(42)46-5)32-31(35(44)48-7-2)19(3)40-36-41(32)34(43)29(51-36)14-20-12-25(39)33(28(13-20)45-4)50-17-22-8-10-23(37)16-24(22)38/h8-16,32H,6-7,17-18H2,1-5H3/b29-14-/t32-/m0/s1. The Morgan fingerprint density at radius 2 is 1.71 bits per heavy atom. The highest BCUT2D eigenvalue weighted by molar-refractivity contribution is 7.07. The maximum atomic E-state index is 14.2. The van der Waals surface area contributed by atoms with Gasteiger partial charge in [-0.15, -0.1) is 0 Å². The Hall–Kier alpha value is -4.49. The summed E-state index contributed by atoms with van der Waals surface area (Å²) in [6, 6.07) is 12.5. The number of aromatic nitrogens is 1. The fourth-order valence-corrected chi connectivity index (χ4v) is 7.07. The zero-order valence-corrected chi connectivity index (χ0v) is 31.3. The van der Waals surface area contributed by atoms with Crippen molar-refractivity contribution in [2.75, 3.05) is 34.0 Å². The van der Waals surface area contributed by atoms with E-state index in [1.165, 1.54) is 18.8 Å². The summed E-state index contributed by atoms with van der Waals surface area (Å²) in [6.07, 6.45) is 1.66. The molecule has 11 nitrogen and oxygen atoms in total. The van der Waals surface area contributed by atoms with Gasteiger partial charge in [0, 0.05) is 15.6 Å². The van der Waals surface area contributed by atoms with E-state index in [-0.39, 0.29) is 42.8 Å². The summed E-state index contributed by atoms with van der Waals surface area (Å²) in [6.45, 7) is 5.35. The molecule has 51 heavy (non-hydrogen) atoms. The van der Waals surface area contributed by atoms with Crippen LogP contribution in [-0.4, -0.2) is 50.5 Å². The summed E-state index contributed by atoms with van der Waals surface area (Å²) in [5, 5.41) is 1.19. The lowest BCUT2D eigenvalue weighted by atomic mass is 9.95. The van der Waals surface area contributed by atoms with Crippen molar-refractivity contribution in [1.29, 1.82) is 0 Å². The van der Waals surface area contributed by atoms with Gasteiger partial charge in [-0.05, 0) is 74.4 Å². The molecular formula is C36H33Cl3N2O9S. The SMILES string of the molecule is CCOC(=O)C1=C(C)N=c2s/c(=C\c3cc(Cl)c(OCc4ccc(Cl)cc4Cl)c(OC)c3)c(=O)n2[C@H]1c1ccc(OCC(=O)OC)c(OCC)c1. The van der Waals surface area contributed by atoms with Crippen molar-refractivity contribution >= 4 is 64.2 Å². The second-order valence-corrected chi connectivity index (χ2v) is 13.1. The van der Waals surface area contributed by atoms with E-state index in [1.54, 1.807) is 75.4 Å². The molecule has 0 N–H and O–H groups in total. The third-order valence-corrected chi connectivity index (χ3v) is 9.46. The van der Waals surface area contributed by atoms with Crippen LogP contribution in [0.25, 0.3) is 6.08 Å². The predicted octanol–water partition coefficient (Wildman–Crippen LogP) is 6.30. The number of benzene rings is 3. The number of thiazole rings is 1. The zero-order valence-electron chi connectivity index (χ0n) is 28.2. The summed E-state index contributed by atoms with van der Waals surface area (Å²) in [7, 11) is 2.74. The fourth-order valence-electron chi connectivity index (χ4n) is 5.29. The summed E-state index contributed by atoms with van der Waals surface area (Å²) in [5.74, 6) is 0.0350. The molecule has 0 fully saturated rings. The van der Waals surface area contributed by atoms with Gasteiger partial charge in [0.1, 0.15) is 6.61 Å². The van der Waals surface area contributed by atoms with Crippen LogP contribution in [0.2, 0.25) is 15.1 Å². The Morgan fingerprint density at radius 1 is 0.922 bits per heavy atom. The highest BCUT2D eigenvalue weighted by Crippen LogP contribution is 2.39. The summed E-state index contributed by atoms with van der Waals surface area (Å²) in [4.78, 5) is 44.4. The molecule has 1 atom stereocenters. The number of halogens is 3. The van der Waals surface area contributed by atoms with E-state index < -0.39 is 23.5 Å². The Morgan fingerprint density at radius 3 is 2.39 bits per heavy atom. The number of carbonyl (C=O) groups is 2. The average Bonchev–Trinajstić information content (AvgIpc) is 3.40. The molecule has 0 unspecified atom stereocenters. The van der Waals surface area contributed by atoms with Gasteiger partial charge in [0.15, 0.2) is 34.4 Å². The number of hydrogen-bond donors (Lipinski definition) is 0. The number of hydrogen-bond acceptors (Lipinski definition) is 11. The largest absolute Gasteiger partial charge is 0.493 e. The molecule has 0 radical (unpaired) electrons. The van der Waals surface area contributed by atoms with Crippen LogP contribution >= 0.6 is 46.1 Å². The van der Waals surface area contributed by atoms with Crippen molar-refractivity contribution in [2.45, 2.75) is 33.4 Å². The Kier molecular flexibility index (Phi) is 12.4. The molecule has 2 heterocycles. The molecule has 1 aliphatic heterocycles. The number of rotatable bonds is 13. The van der Waals surface area contributed by atoms with Crippen LogP contribution in [0.15, 0.2) is 69.6 Å². The Labute approximate surface area is 312 Å². The van der Waals surface area contributed by atoms with Crippen LogP contribution in [0.3, 0.4) is 0 Å². The average molecular weight is 776 g/mol. The summed E-state index contributed by atoms with van der Waals surface area (Å²) < 4.78 is 34.9. The van der Waals surface area contributed by atoms with Crippen LogP contribution < -0.4 is 33.8 Å². The normalized spacial score (nSPS) is 14.0. The van der Waals surface area contributed by atoms with Crippen molar-refractivity contribution in [3.05, 3.63) is 111 Å². The lowest BCUT2D eigenvalue weighted by molar-refractivity contribution is -0.143. The number of esters is 2. The third kappa shape index (κ3) is 8.36. The molecule has 15 heteroatoms. The van der Waals surface area contributed by atoms with Gasteiger partial charge >= 0.3 is 11.9 Å². The molecule has 3 aromatic carbocycles. The lowest BCUT2D eigenvalue weighted by Gasteiger charge is -2.25. The Bertz CT molecular complexity index is 2200. The maximum Gasteiger partial charge on any atom is 0.343 e. The van der Waals surface area contributed by atoms with E-state index in [4.69, 9.17) is 58.5 Å². The lowest BCUT2D eigenvalue weighted by Crippen LogP contribution is -2.40. The van der Waals surface area contributed by atoms with E-state index in [1.807, 2.05) is 0 Å². The fraction of sp³-hybridized carbons (Fsp3) is 0.278. The minimum atomic E-state index is -0.926. The van der Waals surface area contributed by atoms with Crippen LogP contribution in [0, 0.1) is 0 Å². The van der Waals surface area contributed by atoms with Crippen molar-refractivity contribution in [3.63, 3.8) is 0 Å². The molecule has 0 bridgehead atoms. The molecule has 0 amide bonds. The summed E-state index contributed by atoms with van der Waals surface area (Å²) in [5.41, 5.74) is 1.96. The highest BCUT2D eigenvalue weighted by atomic mass is 35.5. The van der Waals surface area contributed by atoms with E-state index in [0.717, 1.165) is 11.3 Å². The predicted molar refractivity (Wildman–Crippen MR) is 194 cm³/mol. The second kappa shape index (κ2) is 16.7. The third-order valence-electron chi connectivity index (χ3n) is 7.61. The maximum absolute atomic E-state index is 14.2. The molecule has 1 aliphatic rings. The van der Waals surface area contributed by atoms with Crippen molar-refractivity contribution < 1.29 is 38.0 Å². The van der Waals surface area contributed by atoms with Crippen LogP contribution in [-0.2, 0) is 25.7 Å². The van der Waals surface area contributed by atoms with Gasteiger partial charge in [0.05, 0.1) is 54.3 Å². The first-order chi connectivity index (χ1) is 24.5. The molecule has 0 aliphatic carbocycles. The molecule has 4 aromatic rings. The molecule has 5 rings (SSSR count). The molecule has 0 saturated carbocycles. The number of ether oxygens (including phenoxy) is 6. The van der Waals surface area contributed by atoms with Crippen molar-refractivity contribution in [2.24, 2.45) is 4.99 Å². The van der Waals surface area contributed by atoms with Gasteiger partial charge in [0.2, 0.25) is 0 Å². The van der Waals surface area contributed by atoms with E-state index >= 15 is 0 Å². The van der Waals surface area contributed by atoms with Gasteiger partial charge in [-0.3, -0.25) is 9.36 Å². The van der Waals surface area contributed by atoms with Gasteiger partial charge in [-0.25, -0.2) is 14.6 Å². The van der Waals surface area contributed by atoms with E-state index in [0.29, 0.717) is 59.0 Å². The molecule has 268 valence electrons. The molecule has 0 saturated heterocycles. The number of carbonyl (C=O) groups excluding carboxylic acids is 2. The minimum Gasteiger partial charge on any atom is -0.493 e. The Balaban J connectivity index is 1.58. The van der Waals surface area contributed by atoms with E-state index in [9.17, 15) is 14.4 Å². The van der Waals surface area contributed by atoms with Crippen LogP contribution in [0.4, 0.5) is 0 Å².